The van der Waals surface area contributed by atoms with Crippen LogP contribution in [0.4, 0.5) is 10.5 Å². The van der Waals surface area contributed by atoms with Gasteiger partial charge in [0.1, 0.15) is 17.7 Å². The molecule has 0 aromatic heterocycles. The van der Waals surface area contributed by atoms with Crippen molar-refractivity contribution in [2.75, 3.05) is 11.9 Å². The number of amides is 3. The van der Waals surface area contributed by atoms with Crippen LogP contribution in [0, 0.1) is 26.7 Å². The van der Waals surface area contributed by atoms with Crippen LogP contribution in [-0.4, -0.2) is 41.0 Å². The summed E-state index contributed by atoms with van der Waals surface area (Å²) in [6, 6.07) is 11.9. The van der Waals surface area contributed by atoms with Crippen molar-refractivity contribution >= 4 is 23.6 Å². The normalized spacial score (nSPS) is 13.6. The lowest BCUT2D eigenvalue weighted by molar-refractivity contribution is -0.142. The number of ether oxygens (including phenoxy) is 1. The van der Waals surface area contributed by atoms with Crippen molar-refractivity contribution in [3.63, 3.8) is 0 Å². The molecule has 0 fully saturated rings. The molecule has 0 saturated carbocycles. The van der Waals surface area contributed by atoms with E-state index in [1.807, 2.05) is 77.1 Å². The van der Waals surface area contributed by atoms with Crippen molar-refractivity contribution in [2.45, 2.75) is 106 Å². The Labute approximate surface area is 241 Å². The molecule has 2 N–H and O–H groups in total. The van der Waals surface area contributed by atoms with E-state index < -0.39 is 23.8 Å². The molecule has 0 spiro atoms. The first-order chi connectivity index (χ1) is 18.8. The maximum atomic E-state index is 14.4. The maximum Gasteiger partial charge on any atom is 0.408 e. The van der Waals surface area contributed by atoms with Gasteiger partial charge in [-0.1, -0.05) is 88.1 Å². The smallest absolute Gasteiger partial charge is 0.408 e. The van der Waals surface area contributed by atoms with E-state index in [1.54, 1.807) is 25.7 Å². The third-order valence-electron chi connectivity index (χ3n) is 7.08. The minimum Gasteiger partial charge on any atom is -0.444 e. The number of hydrogen-bond donors (Lipinski definition) is 2. The van der Waals surface area contributed by atoms with Crippen LogP contribution >= 0.6 is 0 Å². The summed E-state index contributed by atoms with van der Waals surface area (Å²) in [5.74, 6) is -0.749. The first kappa shape index (κ1) is 32.9. The van der Waals surface area contributed by atoms with Gasteiger partial charge in [-0.3, -0.25) is 9.59 Å². The van der Waals surface area contributed by atoms with E-state index in [9.17, 15) is 14.4 Å². The molecule has 0 saturated heterocycles. The monoisotopic (exact) mass is 551 g/mol. The number of para-hydroxylation sites is 1. The van der Waals surface area contributed by atoms with E-state index in [4.69, 9.17) is 4.74 Å². The Morgan fingerprint density at radius 1 is 0.950 bits per heavy atom. The zero-order chi connectivity index (χ0) is 30.0. The van der Waals surface area contributed by atoms with Crippen molar-refractivity contribution in [1.29, 1.82) is 0 Å². The van der Waals surface area contributed by atoms with Crippen LogP contribution in [0.15, 0.2) is 42.5 Å². The second kappa shape index (κ2) is 14.9. The summed E-state index contributed by atoms with van der Waals surface area (Å²) < 4.78 is 5.50. The first-order valence-electron chi connectivity index (χ1n) is 14.5. The number of nitrogens with zero attached hydrogens (tertiary/aromatic N) is 1. The summed E-state index contributed by atoms with van der Waals surface area (Å²) in [5, 5.41) is 5.97. The minimum absolute atomic E-state index is 0.173. The van der Waals surface area contributed by atoms with Crippen molar-refractivity contribution in [1.82, 2.24) is 10.2 Å². The number of nitrogens with one attached hydrogen (secondary N) is 2. The maximum absolute atomic E-state index is 14.4. The summed E-state index contributed by atoms with van der Waals surface area (Å²) in [5.41, 5.74) is 3.66. The van der Waals surface area contributed by atoms with E-state index in [0.717, 1.165) is 47.2 Å². The van der Waals surface area contributed by atoms with Crippen LogP contribution in [-0.2, 0) is 14.3 Å². The summed E-state index contributed by atoms with van der Waals surface area (Å²) in [6.45, 7) is 17.6. The van der Waals surface area contributed by atoms with Crippen LogP contribution < -0.4 is 10.6 Å². The van der Waals surface area contributed by atoms with Crippen LogP contribution in [0.25, 0.3) is 0 Å². The SMILES string of the molecule is CCCCCN(C(=O)C(NC(=O)OC(C)(C)C)C(C)CC)C(C(=O)Nc1c(C)cccc1C)c1cccc(C)c1. The molecule has 0 radical (unpaired) electrons. The predicted molar refractivity (Wildman–Crippen MR) is 162 cm³/mol. The fourth-order valence-corrected chi connectivity index (χ4v) is 4.71. The number of aryl methyl sites for hydroxylation is 3. The van der Waals surface area contributed by atoms with Crippen LogP contribution in [0.3, 0.4) is 0 Å². The largest absolute Gasteiger partial charge is 0.444 e. The van der Waals surface area contributed by atoms with Gasteiger partial charge in [0.2, 0.25) is 5.91 Å². The third kappa shape index (κ3) is 9.39. The lowest BCUT2D eigenvalue weighted by Crippen LogP contribution is -2.55. The highest BCUT2D eigenvalue weighted by Crippen LogP contribution is 2.29. The molecular formula is C33H49N3O4. The molecule has 3 unspecified atom stereocenters. The van der Waals surface area contributed by atoms with Crippen molar-refractivity contribution in [2.24, 2.45) is 5.92 Å². The molecule has 3 amide bonds. The summed E-state index contributed by atoms with van der Waals surface area (Å²) in [6.07, 6.45) is 2.64. The summed E-state index contributed by atoms with van der Waals surface area (Å²) >= 11 is 0. The first-order valence-corrected chi connectivity index (χ1v) is 14.5. The number of rotatable bonds is 12. The predicted octanol–water partition coefficient (Wildman–Crippen LogP) is 7.25. The number of alkyl carbamates (subject to hydrolysis) is 1. The van der Waals surface area contributed by atoms with Gasteiger partial charge in [0.05, 0.1) is 0 Å². The zero-order valence-electron chi connectivity index (χ0n) is 25.9. The van der Waals surface area contributed by atoms with Gasteiger partial charge in [-0.15, -0.1) is 0 Å². The molecular weight excluding hydrogens is 502 g/mol. The van der Waals surface area contributed by atoms with E-state index >= 15 is 0 Å². The quantitative estimate of drug-likeness (QED) is 0.272. The fourth-order valence-electron chi connectivity index (χ4n) is 4.71. The van der Waals surface area contributed by atoms with Crippen molar-refractivity contribution < 1.29 is 19.1 Å². The minimum atomic E-state index is -0.879. The molecule has 3 atom stereocenters. The number of anilines is 1. The Hall–Kier alpha value is -3.35. The van der Waals surface area contributed by atoms with Crippen LogP contribution in [0.2, 0.25) is 0 Å². The number of hydrogen-bond acceptors (Lipinski definition) is 4. The van der Waals surface area contributed by atoms with E-state index in [0.29, 0.717) is 13.0 Å². The van der Waals surface area contributed by atoms with Gasteiger partial charge in [0.15, 0.2) is 0 Å². The van der Waals surface area contributed by atoms with Crippen molar-refractivity contribution in [3.05, 3.63) is 64.7 Å². The molecule has 2 aromatic rings. The average Bonchev–Trinajstić information content (AvgIpc) is 2.87. The molecule has 220 valence electrons. The Balaban J connectivity index is 2.60. The lowest BCUT2D eigenvalue weighted by Gasteiger charge is -2.36. The molecule has 0 heterocycles. The molecule has 7 heteroatoms. The number of unbranched alkanes of at least 4 members (excludes halogenated alkanes) is 2. The topological polar surface area (TPSA) is 87.7 Å². The van der Waals surface area contributed by atoms with Crippen molar-refractivity contribution in [3.8, 4) is 0 Å². The molecule has 0 aliphatic heterocycles. The van der Waals surface area contributed by atoms with Gasteiger partial charge < -0.3 is 20.3 Å². The van der Waals surface area contributed by atoms with Crippen LogP contribution in [0.5, 0.6) is 0 Å². The number of carbonyl (C=O) groups is 3. The molecule has 7 nitrogen and oxygen atoms in total. The van der Waals surface area contributed by atoms with Gasteiger partial charge in [0.25, 0.3) is 5.91 Å². The molecule has 0 aliphatic rings. The third-order valence-corrected chi connectivity index (χ3v) is 7.08. The highest BCUT2D eigenvalue weighted by molar-refractivity contribution is 6.00. The number of benzene rings is 2. The van der Waals surface area contributed by atoms with Crippen LogP contribution in [0.1, 0.15) is 95.5 Å². The van der Waals surface area contributed by atoms with E-state index in [1.165, 1.54) is 0 Å². The lowest BCUT2D eigenvalue weighted by atomic mass is 9.95. The molecule has 40 heavy (non-hydrogen) atoms. The Bertz CT molecular complexity index is 1130. The van der Waals surface area contributed by atoms with Gasteiger partial charge in [-0.2, -0.15) is 0 Å². The second-order valence-electron chi connectivity index (χ2n) is 11.8. The molecule has 2 aromatic carbocycles. The molecule has 0 aliphatic carbocycles. The Morgan fingerprint density at radius 2 is 1.57 bits per heavy atom. The Kier molecular flexibility index (Phi) is 12.2. The number of carbonyl (C=O) groups excluding carboxylic acids is 3. The molecule has 0 bridgehead atoms. The van der Waals surface area contributed by atoms with E-state index in [-0.39, 0.29) is 17.7 Å². The van der Waals surface area contributed by atoms with Gasteiger partial charge in [0, 0.05) is 12.2 Å². The Morgan fingerprint density at radius 3 is 2.12 bits per heavy atom. The fraction of sp³-hybridized carbons (Fsp3) is 0.545. The average molecular weight is 552 g/mol. The molecule has 2 rings (SSSR count). The highest BCUT2D eigenvalue weighted by Gasteiger charge is 2.38. The van der Waals surface area contributed by atoms with Gasteiger partial charge in [-0.05, 0) is 70.6 Å². The van der Waals surface area contributed by atoms with Gasteiger partial charge >= 0.3 is 6.09 Å². The van der Waals surface area contributed by atoms with E-state index in [2.05, 4.69) is 17.6 Å². The highest BCUT2D eigenvalue weighted by atomic mass is 16.6. The summed E-state index contributed by atoms with van der Waals surface area (Å²) in [7, 11) is 0. The standard InChI is InChI=1S/C33H49N3O4/c1-10-12-13-20-36(31(38)28(23(4)11-2)35-32(39)40-33(7,8)9)29(26-19-14-16-22(3)21-26)30(37)34-27-24(5)17-15-18-25(27)6/h14-19,21,23,28-29H,10-13,20H2,1-9H3,(H,34,37)(H,35,39). The summed E-state index contributed by atoms with van der Waals surface area (Å²) in [4.78, 5) is 43.0. The van der Waals surface area contributed by atoms with Gasteiger partial charge in [-0.25, -0.2) is 4.79 Å². The second-order valence-corrected chi connectivity index (χ2v) is 11.8. The zero-order valence-corrected chi connectivity index (χ0v) is 25.9.